The van der Waals surface area contributed by atoms with Gasteiger partial charge in [-0.1, -0.05) is 17.7 Å². The van der Waals surface area contributed by atoms with Crippen LogP contribution in [0.3, 0.4) is 0 Å². The molecule has 0 spiro atoms. The second kappa shape index (κ2) is 4.83. The highest BCUT2D eigenvalue weighted by atomic mass is 35.5. The maximum atomic E-state index is 6.26. The first-order chi connectivity index (χ1) is 10.2. The molecule has 4 rings (SSSR count). The van der Waals surface area contributed by atoms with E-state index in [-0.39, 0.29) is 18.9 Å². The van der Waals surface area contributed by atoms with Gasteiger partial charge in [0.05, 0.1) is 0 Å². The van der Waals surface area contributed by atoms with Crippen LogP contribution in [0.1, 0.15) is 29.7 Å². The standard InChI is InChI=1S/C16H14ClNO3/c17-10-2-4-13-11(6-10)12(18)7-15(21-13)9-1-3-14-16(5-9)20-8-19-14/h1-6,12,15H,7-8,18H2/t12-,15?/m0/s1. The quantitative estimate of drug-likeness (QED) is 0.874. The lowest BCUT2D eigenvalue weighted by molar-refractivity contribution is 0.160. The van der Waals surface area contributed by atoms with Crippen molar-refractivity contribution in [2.24, 2.45) is 5.73 Å². The molecule has 2 atom stereocenters. The number of hydrogen-bond donors (Lipinski definition) is 1. The number of nitrogens with two attached hydrogens (primary N) is 1. The molecule has 0 radical (unpaired) electrons. The summed E-state index contributed by atoms with van der Waals surface area (Å²) >= 11 is 6.02. The second-order valence-electron chi connectivity index (χ2n) is 5.24. The highest BCUT2D eigenvalue weighted by Crippen LogP contribution is 2.43. The van der Waals surface area contributed by atoms with Crippen LogP contribution in [0.2, 0.25) is 5.02 Å². The first-order valence-electron chi connectivity index (χ1n) is 6.82. The minimum atomic E-state index is -0.0946. The second-order valence-corrected chi connectivity index (χ2v) is 5.68. The normalized spacial score (nSPS) is 22.6. The molecular formula is C16H14ClNO3. The zero-order chi connectivity index (χ0) is 14.4. The van der Waals surface area contributed by atoms with E-state index in [0.717, 1.165) is 28.4 Å². The average Bonchev–Trinajstić information content (AvgIpc) is 2.95. The molecule has 2 N–H and O–H groups in total. The molecule has 1 unspecified atom stereocenters. The van der Waals surface area contributed by atoms with Crippen LogP contribution in [0.5, 0.6) is 17.2 Å². The van der Waals surface area contributed by atoms with Crippen LogP contribution >= 0.6 is 11.6 Å². The predicted octanol–water partition coefficient (Wildman–Crippen LogP) is 3.59. The lowest BCUT2D eigenvalue weighted by atomic mass is 9.93. The summed E-state index contributed by atoms with van der Waals surface area (Å²) in [6, 6.07) is 11.3. The molecule has 0 bridgehead atoms. The van der Waals surface area contributed by atoms with Gasteiger partial charge in [-0.2, -0.15) is 0 Å². The molecule has 0 fully saturated rings. The number of hydrogen-bond acceptors (Lipinski definition) is 4. The van der Waals surface area contributed by atoms with E-state index >= 15 is 0 Å². The van der Waals surface area contributed by atoms with Crippen molar-refractivity contribution < 1.29 is 14.2 Å². The van der Waals surface area contributed by atoms with E-state index in [1.807, 2.05) is 36.4 Å². The lowest BCUT2D eigenvalue weighted by Crippen LogP contribution is -2.24. The molecule has 2 aromatic rings. The molecule has 0 aromatic heterocycles. The molecule has 2 aromatic carbocycles. The molecule has 0 saturated heterocycles. The Labute approximate surface area is 127 Å². The van der Waals surface area contributed by atoms with E-state index in [9.17, 15) is 0 Å². The predicted molar refractivity (Wildman–Crippen MR) is 78.9 cm³/mol. The van der Waals surface area contributed by atoms with Crippen LogP contribution in [0.15, 0.2) is 36.4 Å². The summed E-state index contributed by atoms with van der Waals surface area (Å²) in [7, 11) is 0. The van der Waals surface area contributed by atoms with Crippen molar-refractivity contribution in [2.75, 3.05) is 6.79 Å². The summed E-state index contributed by atoms with van der Waals surface area (Å²) in [6.07, 6.45) is 0.607. The largest absolute Gasteiger partial charge is 0.485 e. The number of ether oxygens (including phenoxy) is 3. The number of rotatable bonds is 1. The van der Waals surface area contributed by atoms with Gasteiger partial charge in [0.1, 0.15) is 11.9 Å². The van der Waals surface area contributed by atoms with Crippen LogP contribution in [0.4, 0.5) is 0 Å². The van der Waals surface area contributed by atoms with Gasteiger partial charge >= 0.3 is 0 Å². The Morgan fingerprint density at radius 3 is 2.71 bits per heavy atom. The van der Waals surface area contributed by atoms with Gasteiger partial charge in [0.15, 0.2) is 11.5 Å². The molecule has 21 heavy (non-hydrogen) atoms. The molecule has 0 amide bonds. The Morgan fingerprint density at radius 2 is 1.81 bits per heavy atom. The van der Waals surface area contributed by atoms with Gasteiger partial charge in [0.25, 0.3) is 0 Å². The highest BCUT2D eigenvalue weighted by Gasteiger charge is 2.28. The molecule has 2 heterocycles. The van der Waals surface area contributed by atoms with E-state index in [1.165, 1.54) is 0 Å². The smallest absolute Gasteiger partial charge is 0.231 e. The van der Waals surface area contributed by atoms with Crippen LogP contribution < -0.4 is 19.9 Å². The van der Waals surface area contributed by atoms with Crippen molar-refractivity contribution in [1.29, 1.82) is 0 Å². The summed E-state index contributed by atoms with van der Waals surface area (Å²) in [5.74, 6) is 2.32. The summed E-state index contributed by atoms with van der Waals surface area (Å²) in [5, 5.41) is 0.675. The van der Waals surface area contributed by atoms with Crippen molar-refractivity contribution in [3.05, 3.63) is 52.5 Å². The van der Waals surface area contributed by atoms with Gasteiger partial charge in [-0.25, -0.2) is 0 Å². The van der Waals surface area contributed by atoms with Crippen molar-refractivity contribution >= 4 is 11.6 Å². The summed E-state index contributed by atoms with van der Waals surface area (Å²) in [4.78, 5) is 0. The zero-order valence-electron chi connectivity index (χ0n) is 11.2. The molecule has 4 nitrogen and oxygen atoms in total. The third kappa shape index (κ3) is 2.20. The Kier molecular flexibility index (Phi) is 2.94. The first kappa shape index (κ1) is 12.8. The van der Waals surface area contributed by atoms with E-state index in [2.05, 4.69) is 0 Å². The minimum Gasteiger partial charge on any atom is -0.485 e. The topological polar surface area (TPSA) is 53.7 Å². The molecule has 2 aliphatic heterocycles. The van der Waals surface area contributed by atoms with Crippen molar-refractivity contribution in [3.8, 4) is 17.2 Å². The maximum Gasteiger partial charge on any atom is 0.231 e. The summed E-state index contributed by atoms with van der Waals surface area (Å²) in [5.41, 5.74) is 8.26. The number of fused-ring (bicyclic) bond motifs is 2. The van der Waals surface area contributed by atoms with E-state index in [4.69, 9.17) is 31.5 Å². The van der Waals surface area contributed by atoms with Crippen molar-refractivity contribution in [1.82, 2.24) is 0 Å². The third-order valence-corrected chi connectivity index (χ3v) is 4.11. The van der Waals surface area contributed by atoms with E-state index < -0.39 is 0 Å². The van der Waals surface area contributed by atoms with Gasteiger partial charge in [-0.05, 0) is 35.9 Å². The Hall–Kier alpha value is -1.91. The maximum absolute atomic E-state index is 6.26. The molecule has 108 valence electrons. The van der Waals surface area contributed by atoms with E-state index in [1.54, 1.807) is 0 Å². The van der Waals surface area contributed by atoms with Crippen molar-refractivity contribution in [3.63, 3.8) is 0 Å². The van der Waals surface area contributed by atoms with Crippen molar-refractivity contribution in [2.45, 2.75) is 18.6 Å². The molecular weight excluding hydrogens is 290 g/mol. The summed E-state index contributed by atoms with van der Waals surface area (Å²) in [6.45, 7) is 0.269. The Balaban J connectivity index is 1.67. The lowest BCUT2D eigenvalue weighted by Gasteiger charge is -2.30. The van der Waals surface area contributed by atoms with Gasteiger partial charge < -0.3 is 19.9 Å². The fourth-order valence-electron chi connectivity index (χ4n) is 2.79. The Bertz CT molecular complexity index is 704. The third-order valence-electron chi connectivity index (χ3n) is 3.88. The Morgan fingerprint density at radius 1 is 1.00 bits per heavy atom. The van der Waals surface area contributed by atoms with Gasteiger partial charge in [0, 0.05) is 23.0 Å². The average molecular weight is 304 g/mol. The minimum absolute atomic E-state index is 0.0943. The number of benzene rings is 2. The van der Waals surface area contributed by atoms with Crippen LogP contribution in [-0.4, -0.2) is 6.79 Å². The first-order valence-corrected chi connectivity index (χ1v) is 7.20. The van der Waals surface area contributed by atoms with Gasteiger partial charge in [-0.3, -0.25) is 0 Å². The molecule has 0 aliphatic carbocycles. The summed E-state index contributed by atoms with van der Waals surface area (Å²) < 4.78 is 16.8. The van der Waals surface area contributed by atoms with Crippen LogP contribution in [0.25, 0.3) is 0 Å². The van der Waals surface area contributed by atoms with Gasteiger partial charge in [0.2, 0.25) is 6.79 Å². The SMILES string of the molecule is N[C@H]1CC(c2ccc3c(c2)OCO3)Oc2ccc(Cl)cc21. The fourth-order valence-corrected chi connectivity index (χ4v) is 2.97. The monoisotopic (exact) mass is 303 g/mol. The zero-order valence-corrected chi connectivity index (χ0v) is 12.0. The number of halogens is 1. The fraction of sp³-hybridized carbons (Fsp3) is 0.250. The van der Waals surface area contributed by atoms with Crippen LogP contribution in [-0.2, 0) is 0 Å². The molecule has 0 saturated carbocycles. The molecule has 5 heteroatoms. The van der Waals surface area contributed by atoms with E-state index in [0.29, 0.717) is 11.4 Å². The highest BCUT2D eigenvalue weighted by molar-refractivity contribution is 6.30. The van der Waals surface area contributed by atoms with Crippen LogP contribution in [0, 0.1) is 0 Å². The van der Waals surface area contributed by atoms with Gasteiger partial charge in [-0.15, -0.1) is 0 Å². The molecule has 2 aliphatic rings.